The summed E-state index contributed by atoms with van der Waals surface area (Å²) in [6.07, 6.45) is 2.37. The van der Waals surface area contributed by atoms with Gasteiger partial charge in [0, 0.05) is 11.6 Å². The van der Waals surface area contributed by atoms with Crippen LogP contribution in [-0.4, -0.2) is 28.1 Å². The van der Waals surface area contributed by atoms with Gasteiger partial charge in [-0.2, -0.15) is 0 Å². The van der Waals surface area contributed by atoms with Crippen LogP contribution in [0.5, 0.6) is 0 Å². The second-order valence-corrected chi connectivity index (χ2v) is 4.44. The zero-order valence-corrected chi connectivity index (χ0v) is 10.5. The number of carboxylic acid groups (broad SMARTS) is 1. The quantitative estimate of drug-likeness (QED) is 0.743. The van der Waals surface area contributed by atoms with E-state index in [2.05, 4.69) is 15.6 Å². The topological polar surface area (TPSA) is 91.3 Å². The highest BCUT2D eigenvalue weighted by molar-refractivity contribution is 7.09. The fourth-order valence-electron chi connectivity index (χ4n) is 1.20. The molecule has 2 amide bonds. The van der Waals surface area contributed by atoms with Gasteiger partial charge in [0.25, 0.3) is 0 Å². The highest BCUT2D eigenvalue weighted by atomic mass is 32.1. The van der Waals surface area contributed by atoms with E-state index in [-0.39, 0.29) is 6.04 Å². The first-order valence-electron chi connectivity index (χ1n) is 5.23. The minimum Gasteiger partial charge on any atom is -0.480 e. The van der Waals surface area contributed by atoms with Crippen molar-refractivity contribution in [3.8, 4) is 0 Å². The molecule has 1 rings (SSSR count). The van der Waals surface area contributed by atoms with E-state index in [0.29, 0.717) is 6.42 Å². The van der Waals surface area contributed by atoms with E-state index in [9.17, 15) is 9.59 Å². The zero-order valence-electron chi connectivity index (χ0n) is 9.64. The van der Waals surface area contributed by atoms with E-state index >= 15 is 0 Å². The average Bonchev–Trinajstić information content (AvgIpc) is 2.78. The fraction of sp³-hybridized carbons (Fsp3) is 0.500. The number of nitrogens with one attached hydrogen (secondary N) is 2. The Bertz CT molecular complexity index is 380. The molecule has 0 saturated heterocycles. The largest absolute Gasteiger partial charge is 0.480 e. The molecule has 7 heteroatoms. The summed E-state index contributed by atoms with van der Waals surface area (Å²) in [6, 6.07) is -1.60. The third kappa shape index (κ3) is 4.03. The van der Waals surface area contributed by atoms with Gasteiger partial charge in [-0.05, 0) is 13.3 Å². The van der Waals surface area contributed by atoms with E-state index in [0.717, 1.165) is 5.01 Å². The maximum Gasteiger partial charge on any atom is 0.325 e. The molecule has 0 aromatic carbocycles. The first-order chi connectivity index (χ1) is 8.04. The van der Waals surface area contributed by atoms with Crippen LogP contribution in [0, 0.1) is 0 Å². The molecule has 0 aliphatic carbocycles. The molecule has 6 nitrogen and oxygen atoms in total. The van der Waals surface area contributed by atoms with Crippen molar-refractivity contribution in [3.63, 3.8) is 0 Å². The molecule has 0 aliphatic rings. The Morgan fingerprint density at radius 1 is 1.53 bits per heavy atom. The summed E-state index contributed by atoms with van der Waals surface area (Å²) < 4.78 is 0. The second kappa shape index (κ2) is 6.19. The summed E-state index contributed by atoms with van der Waals surface area (Å²) in [5.41, 5.74) is 0. The van der Waals surface area contributed by atoms with Gasteiger partial charge in [0.05, 0.1) is 6.04 Å². The maximum atomic E-state index is 11.5. The zero-order chi connectivity index (χ0) is 12.8. The molecule has 1 unspecified atom stereocenters. The highest BCUT2D eigenvalue weighted by Gasteiger charge is 2.18. The number of aliphatic carboxylic acids is 1. The Labute approximate surface area is 103 Å². The molecule has 94 valence electrons. The summed E-state index contributed by atoms with van der Waals surface area (Å²) in [5, 5.41) is 16.3. The van der Waals surface area contributed by atoms with Gasteiger partial charge in [0.15, 0.2) is 0 Å². The molecule has 0 radical (unpaired) electrons. The van der Waals surface area contributed by atoms with Crippen LogP contribution in [0.25, 0.3) is 0 Å². The van der Waals surface area contributed by atoms with E-state index in [1.807, 2.05) is 12.3 Å². The first kappa shape index (κ1) is 13.4. The number of aromatic nitrogens is 1. The molecule has 0 saturated carbocycles. The normalized spacial score (nSPS) is 13.8. The molecule has 1 aromatic heterocycles. The van der Waals surface area contributed by atoms with Crippen LogP contribution < -0.4 is 10.6 Å². The number of rotatable bonds is 5. The van der Waals surface area contributed by atoms with Crippen molar-refractivity contribution in [1.29, 1.82) is 0 Å². The van der Waals surface area contributed by atoms with Crippen molar-refractivity contribution in [3.05, 3.63) is 16.6 Å². The molecule has 0 aliphatic heterocycles. The molecular formula is C10H15N3O3S. The van der Waals surface area contributed by atoms with Crippen LogP contribution in [0.3, 0.4) is 0 Å². The summed E-state index contributed by atoms with van der Waals surface area (Å²) in [7, 11) is 0. The lowest BCUT2D eigenvalue weighted by Gasteiger charge is -2.16. The van der Waals surface area contributed by atoms with Crippen molar-refractivity contribution in [2.24, 2.45) is 0 Å². The lowest BCUT2D eigenvalue weighted by molar-refractivity contribution is -0.138. The van der Waals surface area contributed by atoms with Crippen LogP contribution >= 0.6 is 11.3 Å². The van der Waals surface area contributed by atoms with E-state index in [1.54, 1.807) is 6.20 Å². The van der Waals surface area contributed by atoms with E-state index in [1.165, 1.54) is 18.3 Å². The molecule has 0 spiro atoms. The number of hydrogen-bond donors (Lipinski definition) is 3. The summed E-state index contributed by atoms with van der Waals surface area (Å²) in [5.74, 6) is -1.07. The van der Waals surface area contributed by atoms with Gasteiger partial charge in [-0.15, -0.1) is 11.3 Å². The molecule has 1 aromatic rings. The predicted molar refractivity (Wildman–Crippen MR) is 63.9 cm³/mol. The number of carboxylic acids is 1. The van der Waals surface area contributed by atoms with Gasteiger partial charge < -0.3 is 15.7 Å². The Hall–Kier alpha value is -1.63. The van der Waals surface area contributed by atoms with Gasteiger partial charge in [-0.1, -0.05) is 6.92 Å². The summed E-state index contributed by atoms with van der Waals surface area (Å²) in [6.45, 7) is 3.33. The summed E-state index contributed by atoms with van der Waals surface area (Å²) >= 11 is 1.45. The molecule has 0 bridgehead atoms. The van der Waals surface area contributed by atoms with Crippen LogP contribution in [0.2, 0.25) is 0 Å². The number of carbonyl (C=O) groups is 2. The van der Waals surface area contributed by atoms with Gasteiger partial charge in [-0.3, -0.25) is 4.79 Å². The monoisotopic (exact) mass is 257 g/mol. The SMILES string of the molecule is CCC(NC(=O)N[C@@H](C)C(=O)O)c1nccs1. The smallest absolute Gasteiger partial charge is 0.325 e. The molecule has 2 atom stereocenters. The van der Waals surface area contributed by atoms with Crippen LogP contribution in [0.4, 0.5) is 4.79 Å². The average molecular weight is 257 g/mol. The van der Waals surface area contributed by atoms with Crippen LogP contribution in [0.1, 0.15) is 31.3 Å². The minimum absolute atomic E-state index is 0.184. The fourth-order valence-corrected chi connectivity index (χ4v) is 1.98. The number of urea groups is 1. The minimum atomic E-state index is -1.07. The van der Waals surface area contributed by atoms with Gasteiger partial charge in [0.1, 0.15) is 11.0 Å². The second-order valence-electron chi connectivity index (χ2n) is 3.51. The number of nitrogens with zero attached hydrogens (tertiary/aromatic N) is 1. The standard InChI is InChI=1S/C10H15N3O3S/c1-3-7(8-11-4-5-17-8)13-10(16)12-6(2)9(14)15/h4-7H,3H2,1-2H3,(H,14,15)(H2,12,13,16)/t6-,7?/m0/s1. The Morgan fingerprint density at radius 3 is 2.71 bits per heavy atom. The lowest BCUT2D eigenvalue weighted by Crippen LogP contribution is -2.45. The Balaban J connectivity index is 2.52. The van der Waals surface area contributed by atoms with Crippen molar-refractivity contribution >= 4 is 23.3 Å². The number of carbonyl (C=O) groups excluding carboxylic acids is 1. The van der Waals surface area contributed by atoms with Crippen molar-refractivity contribution < 1.29 is 14.7 Å². The van der Waals surface area contributed by atoms with Crippen LogP contribution in [-0.2, 0) is 4.79 Å². The summed E-state index contributed by atoms with van der Waals surface area (Å²) in [4.78, 5) is 26.2. The van der Waals surface area contributed by atoms with Crippen LogP contribution in [0.15, 0.2) is 11.6 Å². The Morgan fingerprint density at radius 2 is 2.24 bits per heavy atom. The Kier molecular flexibility index (Phi) is 4.89. The lowest BCUT2D eigenvalue weighted by atomic mass is 10.2. The van der Waals surface area contributed by atoms with Crippen molar-refractivity contribution in [2.45, 2.75) is 32.4 Å². The predicted octanol–water partition coefficient (Wildman–Crippen LogP) is 1.37. The van der Waals surface area contributed by atoms with Crippen molar-refractivity contribution in [1.82, 2.24) is 15.6 Å². The molecule has 3 N–H and O–H groups in total. The molecule has 0 fully saturated rings. The van der Waals surface area contributed by atoms with Crippen molar-refractivity contribution in [2.75, 3.05) is 0 Å². The third-order valence-corrected chi connectivity index (χ3v) is 3.07. The van der Waals surface area contributed by atoms with Gasteiger partial charge in [-0.25, -0.2) is 9.78 Å². The molecule has 17 heavy (non-hydrogen) atoms. The van der Waals surface area contributed by atoms with Gasteiger partial charge >= 0.3 is 12.0 Å². The number of amides is 2. The van der Waals surface area contributed by atoms with E-state index in [4.69, 9.17) is 5.11 Å². The first-order valence-corrected chi connectivity index (χ1v) is 6.11. The van der Waals surface area contributed by atoms with E-state index < -0.39 is 18.0 Å². The third-order valence-electron chi connectivity index (χ3n) is 2.18. The number of thiazole rings is 1. The number of hydrogen-bond acceptors (Lipinski definition) is 4. The maximum absolute atomic E-state index is 11.5. The molecule has 1 heterocycles. The van der Waals surface area contributed by atoms with Gasteiger partial charge in [0.2, 0.25) is 0 Å². The molecular weight excluding hydrogens is 242 g/mol. The highest BCUT2D eigenvalue weighted by Crippen LogP contribution is 2.18.